The van der Waals surface area contributed by atoms with E-state index in [9.17, 15) is 14.4 Å². The Bertz CT molecular complexity index is 739. The van der Waals surface area contributed by atoms with Gasteiger partial charge in [0.25, 0.3) is 0 Å². The fraction of sp³-hybridized carbons (Fsp3) is 0.350. The molecule has 25 heavy (non-hydrogen) atoms. The van der Waals surface area contributed by atoms with Crippen molar-refractivity contribution in [1.82, 2.24) is 0 Å². The van der Waals surface area contributed by atoms with Gasteiger partial charge in [-0.3, -0.25) is 14.4 Å². The number of carbonyl (C=O) groups is 3. The lowest BCUT2D eigenvalue weighted by atomic mass is 9.96. The summed E-state index contributed by atoms with van der Waals surface area (Å²) in [5.74, 6) is -3.05. The van der Waals surface area contributed by atoms with E-state index >= 15 is 0 Å². The van der Waals surface area contributed by atoms with Crippen LogP contribution in [-0.2, 0) is 19.1 Å². The van der Waals surface area contributed by atoms with Crippen molar-refractivity contribution in [3.8, 4) is 0 Å². The molecule has 130 valence electrons. The van der Waals surface area contributed by atoms with E-state index in [0.29, 0.717) is 0 Å². The van der Waals surface area contributed by atoms with Crippen molar-refractivity contribution in [2.75, 3.05) is 18.0 Å². The van der Waals surface area contributed by atoms with Crippen molar-refractivity contribution in [1.29, 1.82) is 0 Å². The molecule has 0 saturated carbocycles. The van der Waals surface area contributed by atoms with Crippen molar-refractivity contribution >= 4 is 29.3 Å². The standard InChI is InChI=1S/C20H21NO4/c1-14-13-18(23)19(20(24)25-14)17(22)10-7-15-5-8-16(9-6-15)21-11-3-2-4-12-21/h5-10,13,19H,2-4,11-12H2,1H3/b10-7+/t19-/m1/s1. The molecule has 1 aromatic rings. The molecule has 0 N–H and O–H groups in total. The Morgan fingerprint density at radius 1 is 1.12 bits per heavy atom. The smallest absolute Gasteiger partial charge is 0.329 e. The fourth-order valence-corrected chi connectivity index (χ4v) is 3.13. The van der Waals surface area contributed by atoms with E-state index in [1.165, 1.54) is 44.0 Å². The number of allylic oxidation sites excluding steroid dienone is 3. The monoisotopic (exact) mass is 339 g/mol. The molecular weight excluding hydrogens is 318 g/mol. The minimum atomic E-state index is -1.38. The zero-order chi connectivity index (χ0) is 17.8. The molecular formula is C20H21NO4. The summed E-state index contributed by atoms with van der Waals surface area (Å²) >= 11 is 0. The van der Waals surface area contributed by atoms with Gasteiger partial charge in [-0.1, -0.05) is 18.2 Å². The van der Waals surface area contributed by atoms with Gasteiger partial charge in [0.2, 0.25) is 0 Å². The largest absolute Gasteiger partial charge is 0.430 e. The van der Waals surface area contributed by atoms with E-state index < -0.39 is 23.5 Å². The third-order valence-electron chi connectivity index (χ3n) is 4.47. The number of esters is 1. The van der Waals surface area contributed by atoms with Crippen LogP contribution in [0.3, 0.4) is 0 Å². The molecule has 3 rings (SSSR count). The Labute approximate surface area is 147 Å². The molecule has 2 aliphatic rings. The number of piperidine rings is 1. The number of benzene rings is 1. The summed E-state index contributed by atoms with van der Waals surface area (Å²) in [5.41, 5.74) is 2.02. The lowest BCUT2D eigenvalue weighted by molar-refractivity contribution is -0.151. The van der Waals surface area contributed by atoms with Crippen molar-refractivity contribution in [2.45, 2.75) is 26.2 Å². The highest BCUT2D eigenvalue weighted by Gasteiger charge is 2.36. The third kappa shape index (κ3) is 4.05. The molecule has 0 aliphatic carbocycles. The number of carbonyl (C=O) groups excluding carboxylic acids is 3. The zero-order valence-electron chi connectivity index (χ0n) is 14.2. The van der Waals surface area contributed by atoms with Gasteiger partial charge < -0.3 is 9.64 Å². The number of cyclic esters (lactones) is 1. The number of nitrogens with zero attached hydrogens (tertiary/aromatic N) is 1. The van der Waals surface area contributed by atoms with Gasteiger partial charge in [-0.15, -0.1) is 0 Å². The van der Waals surface area contributed by atoms with E-state index in [1.807, 2.05) is 24.3 Å². The van der Waals surface area contributed by atoms with Crippen molar-refractivity contribution in [3.63, 3.8) is 0 Å². The van der Waals surface area contributed by atoms with E-state index in [-0.39, 0.29) is 5.76 Å². The van der Waals surface area contributed by atoms with Crippen molar-refractivity contribution < 1.29 is 19.1 Å². The summed E-state index contributed by atoms with van der Waals surface area (Å²) in [4.78, 5) is 38.1. The van der Waals surface area contributed by atoms with Crippen LogP contribution in [0.15, 0.2) is 42.2 Å². The third-order valence-corrected chi connectivity index (χ3v) is 4.47. The number of ketones is 2. The van der Waals surface area contributed by atoms with Gasteiger partial charge in [-0.2, -0.15) is 0 Å². The maximum atomic E-state index is 12.2. The van der Waals surface area contributed by atoms with Gasteiger partial charge in [-0.05, 0) is 50.0 Å². The minimum Gasteiger partial charge on any atom is -0.430 e. The van der Waals surface area contributed by atoms with Gasteiger partial charge in [0.1, 0.15) is 5.76 Å². The van der Waals surface area contributed by atoms with E-state index in [4.69, 9.17) is 4.74 Å². The highest BCUT2D eigenvalue weighted by Crippen LogP contribution is 2.21. The maximum Gasteiger partial charge on any atom is 0.329 e. The summed E-state index contributed by atoms with van der Waals surface area (Å²) in [6.45, 7) is 3.66. The van der Waals surface area contributed by atoms with Gasteiger partial charge in [0.05, 0.1) is 0 Å². The van der Waals surface area contributed by atoms with Gasteiger partial charge in [0, 0.05) is 24.9 Å². The molecule has 0 spiro atoms. The molecule has 0 unspecified atom stereocenters. The molecule has 2 aliphatic heterocycles. The second-order valence-electron chi connectivity index (χ2n) is 6.39. The topological polar surface area (TPSA) is 63.7 Å². The molecule has 1 aromatic carbocycles. The minimum absolute atomic E-state index is 0.219. The highest BCUT2D eigenvalue weighted by molar-refractivity contribution is 6.25. The lowest BCUT2D eigenvalue weighted by Crippen LogP contribution is -2.34. The predicted octanol–water partition coefficient (Wildman–Crippen LogP) is 2.91. The maximum absolute atomic E-state index is 12.2. The molecule has 1 saturated heterocycles. The van der Waals surface area contributed by atoms with Crippen LogP contribution in [0.5, 0.6) is 0 Å². The van der Waals surface area contributed by atoms with Crippen LogP contribution in [0.1, 0.15) is 31.7 Å². The second kappa shape index (κ2) is 7.47. The van der Waals surface area contributed by atoms with Crippen LogP contribution in [-0.4, -0.2) is 30.6 Å². The van der Waals surface area contributed by atoms with Crippen LogP contribution in [0.25, 0.3) is 6.08 Å². The summed E-state index contributed by atoms with van der Waals surface area (Å²) < 4.78 is 4.87. The van der Waals surface area contributed by atoms with E-state index in [1.54, 1.807) is 6.08 Å². The summed E-state index contributed by atoms with van der Waals surface area (Å²) in [6.07, 6.45) is 7.80. The SMILES string of the molecule is CC1=CC(=O)[C@@H](C(=O)/C=C/c2ccc(N3CCCCC3)cc2)C(=O)O1. The number of hydrogen-bond donors (Lipinski definition) is 0. The fourth-order valence-electron chi connectivity index (χ4n) is 3.13. The van der Waals surface area contributed by atoms with Crippen LogP contribution >= 0.6 is 0 Å². The molecule has 5 nitrogen and oxygen atoms in total. The van der Waals surface area contributed by atoms with Gasteiger partial charge >= 0.3 is 5.97 Å². The Morgan fingerprint density at radius 2 is 1.80 bits per heavy atom. The molecule has 0 amide bonds. The first kappa shape index (κ1) is 17.1. The first-order valence-corrected chi connectivity index (χ1v) is 8.55. The van der Waals surface area contributed by atoms with Crippen LogP contribution in [0.2, 0.25) is 0 Å². The average Bonchev–Trinajstić information content (AvgIpc) is 2.60. The van der Waals surface area contributed by atoms with Crippen molar-refractivity contribution in [2.24, 2.45) is 5.92 Å². The Balaban J connectivity index is 1.66. The Hall–Kier alpha value is -2.69. The molecule has 5 heteroatoms. The number of rotatable bonds is 4. The zero-order valence-corrected chi connectivity index (χ0v) is 14.2. The normalized spacial score (nSPS) is 21.2. The second-order valence-corrected chi connectivity index (χ2v) is 6.39. The van der Waals surface area contributed by atoms with E-state index in [0.717, 1.165) is 18.7 Å². The molecule has 0 aromatic heterocycles. The molecule has 1 fully saturated rings. The quantitative estimate of drug-likeness (QED) is 0.479. The highest BCUT2D eigenvalue weighted by atomic mass is 16.5. The Morgan fingerprint density at radius 3 is 2.44 bits per heavy atom. The van der Waals surface area contributed by atoms with Crippen molar-refractivity contribution in [3.05, 3.63) is 47.7 Å². The Kier molecular flexibility index (Phi) is 5.12. The molecule has 0 bridgehead atoms. The molecule has 2 heterocycles. The van der Waals surface area contributed by atoms with Crippen LogP contribution in [0, 0.1) is 5.92 Å². The lowest BCUT2D eigenvalue weighted by Gasteiger charge is -2.28. The molecule has 0 radical (unpaired) electrons. The van der Waals surface area contributed by atoms with E-state index in [2.05, 4.69) is 4.90 Å². The summed E-state index contributed by atoms with van der Waals surface area (Å²) in [7, 11) is 0. The average molecular weight is 339 g/mol. The van der Waals surface area contributed by atoms with Gasteiger partial charge in [-0.25, -0.2) is 0 Å². The number of anilines is 1. The predicted molar refractivity (Wildman–Crippen MR) is 94.9 cm³/mol. The summed E-state index contributed by atoms with van der Waals surface area (Å²) in [6, 6.07) is 7.92. The first-order valence-electron chi connectivity index (χ1n) is 8.55. The summed E-state index contributed by atoms with van der Waals surface area (Å²) in [5, 5.41) is 0. The van der Waals surface area contributed by atoms with Gasteiger partial charge in [0.15, 0.2) is 17.5 Å². The molecule has 1 atom stereocenters. The first-order chi connectivity index (χ1) is 12.0. The number of hydrogen-bond acceptors (Lipinski definition) is 5. The number of ether oxygens (including phenoxy) is 1. The van der Waals surface area contributed by atoms with Crippen LogP contribution in [0.4, 0.5) is 5.69 Å². The van der Waals surface area contributed by atoms with Crippen LogP contribution < -0.4 is 4.90 Å².